The van der Waals surface area contributed by atoms with E-state index in [4.69, 9.17) is 0 Å². The quantitative estimate of drug-likeness (QED) is 0.696. The fraction of sp³-hybridized carbons (Fsp3) is 0.480. The van der Waals surface area contributed by atoms with E-state index in [1.165, 1.54) is 22.7 Å². The predicted molar refractivity (Wildman–Crippen MR) is 125 cm³/mol. The van der Waals surface area contributed by atoms with Gasteiger partial charge in [-0.2, -0.15) is 4.31 Å². The number of nitrogens with one attached hydrogen (secondary N) is 1. The summed E-state index contributed by atoms with van der Waals surface area (Å²) < 4.78 is 27.5. The Bertz CT molecular complexity index is 1030. The molecule has 1 N–H and O–H groups in total. The molecule has 4 rings (SSSR count). The van der Waals surface area contributed by atoms with Crippen LogP contribution in [0.25, 0.3) is 0 Å². The van der Waals surface area contributed by atoms with E-state index in [1.54, 1.807) is 24.3 Å². The largest absolute Gasteiger partial charge is 0.352 e. The van der Waals surface area contributed by atoms with Gasteiger partial charge in [0.15, 0.2) is 0 Å². The van der Waals surface area contributed by atoms with Crippen molar-refractivity contribution in [2.45, 2.75) is 50.6 Å². The Kier molecular flexibility index (Phi) is 7.28. The van der Waals surface area contributed by atoms with Crippen LogP contribution in [0.4, 0.5) is 0 Å². The van der Waals surface area contributed by atoms with E-state index in [1.807, 2.05) is 19.1 Å². The second kappa shape index (κ2) is 10.1. The third-order valence-corrected chi connectivity index (χ3v) is 8.36. The van der Waals surface area contributed by atoms with Crippen LogP contribution in [0.2, 0.25) is 0 Å². The van der Waals surface area contributed by atoms with Crippen molar-refractivity contribution < 1.29 is 13.2 Å². The molecule has 0 spiro atoms. The molecule has 0 unspecified atom stereocenters. The molecular weight excluding hydrogens is 422 g/mol. The first-order chi connectivity index (χ1) is 15.4. The lowest BCUT2D eigenvalue weighted by Crippen LogP contribution is -2.45. The molecule has 0 aromatic heterocycles. The van der Waals surface area contributed by atoms with Crippen LogP contribution in [0.1, 0.15) is 42.4 Å². The Morgan fingerprint density at radius 1 is 1.00 bits per heavy atom. The molecule has 2 saturated heterocycles. The molecule has 2 aromatic carbocycles. The first-order valence-electron chi connectivity index (χ1n) is 11.6. The molecule has 0 aliphatic carbocycles. The normalized spacial score (nSPS) is 20.3. The molecule has 32 heavy (non-hydrogen) atoms. The van der Waals surface area contributed by atoms with Crippen molar-refractivity contribution in [2.75, 3.05) is 26.2 Å². The molecule has 0 bridgehead atoms. The summed E-state index contributed by atoms with van der Waals surface area (Å²) in [6, 6.07) is 15.3. The van der Waals surface area contributed by atoms with Crippen molar-refractivity contribution in [1.29, 1.82) is 0 Å². The minimum atomic E-state index is -3.58. The van der Waals surface area contributed by atoms with Gasteiger partial charge in [-0.25, -0.2) is 8.42 Å². The lowest BCUT2D eigenvalue weighted by atomic mass is 9.98. The molecule has 172 valence electrons. The van der Waals surface area contributed by atoms with Gasteiger partial charge in [-0.3, -0.25) is 9.69 Å². The van der Waals surface area contributed by atoms with E-state index in [9.17, 15) is 13.2 Å². The summed E-state index contributed by atoms with van der Waals surface area (Å²) in [5, 5.41) is 3.03. The fourth-order valence-electron chi connectivity index (χ4n) is 4.60. The van der Waals surface area contributed by atoms with Crippen LogP contribution in [-0.4, -0.2) is 49.7 Å². The number of carbonyl (C=O) groups excluding carboxylic acids is 1. The Hall–Kier alpha value is -2.22. The number of nitrogens with zero attached hydrogens (tertiary/aromatic N) is 2. The first kappa shape index (κ1) is 23.0. The van der Waals surface area contributed by atoms with E-state index in [0.29, 0.717) is 30.8 Å². The van der Waals surface area contributed by atoms with Gasteiger partial charge in [-0.15, -0.1) is 0 Å². The highest BCUT2D eigenvalue weighted by Gasteiger charge is 2.33. The van der Waals surface area contributed by atoms with Gasteiger partial charge in [-0.05, 0) is 69.0 Å². The number of carbonyl (C=O) groups is 1. The van der Waals surface area contributed by atoms with Gasteiger partial charge in [0.2, 0.25) is 15.9 Å². The van der Waals surface area contributed by atoms with Gasteiger partial charge in [-0.1, -0.05) is 42.0 Å². The average Bonchev–Trinajstić information content (AvgIpc) is 3.31. The smallest absolute Gasteiger partial charge is 0.243 e. The second-order valence-electron chi connectivity index (χ2n) is 9.04. The Morgan fingerprint density at radius 3 is 2.47 bits per heavy atom. The maximum atomic E-state index is 13.0. The van der Waals surface area contributed by atoms with Crippen LogP contribution >= 0.6 is 0 Å². The highest BCUT2D eigenvalue weighted by atomic mass is 32.2. The van der Waals surface area contributed by atoms with E-state index >= 15 is 0 Å². The van der Waals surface area contributed by atoms with Crippen LogP contribution in [0.5, 0.6) is 0 Å². The van der Waals surface area contributed by atoms with Gasteiger partial charge in [0, 0.05) is 26.2 Å². The zero-order valence-electron chi connectivity index (χ0n) is 18.8. The number of amides is 1. The van der Waals surface area contributed by atoms with Crippen LogP contribution in [0.15, 0.2) is 53.4 Å². The third kappa shape index (κ3) is 5.57. The van der Waals surface area contributed by atoms with E-state index in [-0.39, 0.29) is 18.4 Å². The van der Waals surface area contributed by atoms with Gasteiger partial charge < -0.3 is 5.32 Å². The average molecular weight is 456 g/mol. The molecule has 2 aliphatic heterocycles. The minimum Gasteiger partial charge on any atom is -0.352 e. The number of aryl methyl sites for hydroxylation is 1. The van der Waals surface area contributed by atoms with Crippen molar-refractivity contribution in [3.63, 3.8) is 0 Å². The Labute approximate surface area is 191 Å². The highest BCUT2D eigenvalue weighted by molar-refractivity contribution is 7.89. The van der Waals surface area contributed by atoms with Crippen molar-refractivity contribution in [2.24, 2.45) is 5.92 Å². The summed E-state index contributed by atoms with van der Waals surface area (Å²) in [6.45, 7) is 6.36. The molecule has 1 amide bonds. The Balaban J connectivity index is 1.34. The summed E-state index contributed by atoms with van der Waals surface area (Å²) in [5.41, 5.74) is 3.37. The number of hydrogen-bond donors (Lipinski definition) is 1. The fourth-order valence-corrected chi connectivity index (χ4v) is 6.13. The maximum absolute atomic E-state index is 13.0. The minimum absolute atomic E-state index is 0.0706. The SMILES string of the molecule is Cc1ccc(S(=O)(=O)N2CCC[C@@H](C(=O)NCc3cccc(CN4CCCC4)c3)C2)cc1. The lowest BCUT2D eigenvalue weighted by molar-refractivity contribution is -0.126. The molecule has 0 radical (unpaired) electrons. The standard InChI is InChI=1S/C25H33N3O3S/c1-20-9-11-24(12-10-20)32(30,31)28-15-5-8-23(19-28)25(29)26-17-21-6-4-7-22(16-21)18-27-13-2-3-14-27/h4,6-7,9-12,16,23H,2-3,5,8,13-15,17-19H2,1H3,(H,26,29)/t23-/m1/s1. The molecule has 2 fully saturated rings. The van der Waals surface area contributed by atoms with Crippen molar-refractivity contribution in [3.8, 4) is 0 Å². The number of hydrogen-bond acceptors (Lipinski definition) is 4. The first-order valence-corrected chi connectivity index (χ1v) is 13.0. The number of sulfonamides is 1. The van der Waals surface area contributed by atoms with Crippen LogP contribution in [-0.2, 0) is 27.9 Å². The molecule has 2 aromatic rings. The number of benzene rings is 2. The number of rotatable bonds is 7. The zero-order chi connectivity index (χ0) is 22.6. The molecule has 2 aliphatic rings. The van der Waals surface area contributed by atoms with Gasteiger partial charge in [0.1, 0.15) is 0 Å². The molecule has 6 nitrogen and oxygen atoms in total. The van der Waals surface area contributed by atoms with Gasteiger partial charge in [0.25, 0.3) is 0 Å². The predicted octanol–water partition coefficient (Wildman–Crippen LogP) is 3.31. The number of piperidine rings is 1. The van der Waals surface area contributed by atoms with E-state index in [0.717, 1.165) is 30.8 Å². The summed E-state index contributed by atoms with van der Waals surface area (Å²) in [7, 11) is -3.58. The molecule has 2 heterocycles. The van der Waals surface area contributed by atoms with Crippen molar-refractivity contribution in [1.82, 2.24) is 14.5 Å². The second-order valence-corrected chi connectivity index (χ2v) is 11.0. The Morgan fingerprint density at radius 2 is 1.72 bits per heavy atom. The van der Waals surface area contributed by atoms with Crippen LogP contribution in [0, 0.1) is 12.8 Å². The highest BCUT2D eigenvalue weighted by Crippen LogP contribution is 2.24. The van der Waals surface area contributed by atoms with Crippen LogP contribution in [0.3, 0.4) is 0 Å². The van der Waals surface area contributed by atoms with Crippen molar-refractivity contribution in [3.05, 3.63) is 65.2 Å². The summed E-state index contributed by atoms with van der Waals surface area (Å²) in [5.74, 6) is -0.393. The van der Waals surface area contributed by atoms with Gasteiger partial charge in [0.05, 0.1) is 10.8 Å². The van der Waals surface area contributed by atoms with Crippen LogP contribution < -0.4 is 5.32 Å². The third-order valence-electron chi connectivity index (χ3n) is 6.48. The summed E-state index contributed by atoms with van der Waals surface area (Å²) in [6.07, 6.45) is 3.94. The zero-order valence-corrected chi connectivity index (χ0v) is 19.6. The molecule has 7 heteroatoms. The van der Waals surface area contributed by atoms with E-state index < -0.39 is 10.0 Å². The summed E-state index contributed by atoms with van der Waals surface area (Å²) >= 11 is 0. The lowest BCUT2D eigenvalue weighted by Gasteiger charge is -2.31. The summed E-state index contributed by atoms with van der Waals surface area (Å²) in [4.78, 5) is 15.6. The maximum Gasteiger partial charge on any atom is 0.243 e. The molecule has 1 atom stereocenters. The number of likely N-dealkylation sites (tertiary alicyclic amines) is 1. The monoisotopic (exact) mass is 455 g/mol. The van der Waals surface area contributed by atoms with E-state index in [2.05, 4.69) is 22.3 Å². The molecule has 0 saturated carbocycles. The molecular formula is C25H33N3O3S. The van der Waals surface area contributed by atoms with Gasteiger partial charge >= 0.3 is 0 Å². The van der Waals surface area contributed by atoms with Crippen molar-refractivity contribution >= 4 is 15.9 Å². The topological polar surface area (TPSA) is 69.7 Å².